The van der Waals surface area contributed by atoms with Gasteiger partial charge in [0.1, 0.15) is 12.6 Å². The lowest BCUT2D eigenvalue weighted by molar-refractivity contribution is -0.140. The average molecular weight is 502 g/mol. The molecule has 35 heavy (non-hydrogen) atoms. The van der Waals surface area contributed by atoms with Crippen LogP contribution in [0, 0.1) is 6.92 Å². The zero-order valence-corrected chi connectivity index (χ0v) is 22.6. The van der Waals surface area contributed by atoms with Gasteiger partial charge in [-0.2, -0.15) is 0 Å². The van der Waals surface area contributed by atoms with Crippen molar-refractivity contribution in [3.63, 3.8) is 0 Å². The Labute approximate surface area is 210 Å². The summed E-state index contributed by atoms with van der Waals surface area (Å²) in [6, 6.07) is 14.1. The number of benzene rings is 2. The smallest absolute Gasteiger partial charge is 0.244 e. The number of nitrogens with one attached hydrogen (secondary N) is 1. The first-order chi connectivity index (χ1) is 16.5. The van der Waals surface area contributed by atoms with Crippen molar-refractivity contribution in [1.29, 1.82) is 0 Å². The van der Waals surface area contributed by atoms with E-state index in [1.807, 2.05) is 71.0 Å². The number of nitrogens with zero attached hydrogens (tertiary/aromatic N) is 2. The SMILES string of the molecule is CCc1ccc(N(CC(=O)N(Cc2ccccc2C)[C@H](CC)C(=O)N[C@H](C)CC)S(C)(=O)=O)cc1. The highest BCUT2D eigenvalue weighted by Gasteiger charge is 2.32. The molecule has 1 N–H and O–H groups in total. The van der Waals surface area contributed by atoms with Crippen molar-refractivity contribution in [1.82, 2.24) is 10.2 Å². The summed E-state index contributed by atoms with van der Waals surface area (Å²) in [6.45, 7) is 9.56. The van der Waals surface area contributed by atoms with Crippen molar-refractivity contribution < 1.29 is 18.0 Å². The fourth-order valence-electron chi connectivity index (χ4n) is 3.84. The summed E-state index contributed by atoms with van der Waals surface area (Å²) in [6.07, 6.45) is 3.09. The number of anilines is 1. The lowest BCUT2D eigenvalue weighted by Gasteiger charge is -2.33. The third kappa shape index (κ3) is 7.82. The van der Waals surface area contributed by atoms with E-state index in [0.717, 1.165) is 40.1 Å². The van der Waals surface area contributed by atoms with Crippen LogP contribution in [0.3, 0.4) is 0 Å². The van der Waals surface area contributed by atoms with Gasteiger partial charge in [-0.15, -0.1) is 0 Å². The Balaban J connectivity index is 2.44. The number of hydrogen-bond donors (Lipinski definition) is 1. The molecule has 0 fully saturated rings. The molecule has 0 bridgehead atoms. The topological polar surface area (TPSA) is 86.8 Å². The second kappa shape index (κ2) is 12.7. The number of amides is 2. The van der Waals surface area contributed by atoms with Crippen LogP contribution < -0.4 is 9.62 Å². The van der Waals surface area contributed by atoms with Crippen LogP contribution in [0.25, 0.3) is 0 Å². The standard InChI is InChI=1S/C27H39N3O4S/c1-7-21(5)28-27(32)25(9-3)29(18-23-13-11-10-12-20(23)4)26(31)19-30(35(6,33)34)24-16-14-22(8-2)15-17-24/h10-17,21,25H,7-9,18-19H2,1-6H3,(H,28,32)/t21-,25-/m1/s1. The van der Waals surface area contributed by atoms with Gasteiger partial charge in [0.15, 0.2) is 0 Å². The third-order valence-corrected chi connectivity index (χ3v) is 7.44. The first kappa shape index (κ1) is 28.4. The minimum atomic E-state index is -3.74. The fraction of sp³-hybridized carbons (Fsp3) is 0.481. The highest BCUT2D eigenvalue weighted by Crippen LogP contribution is 2.21. The molecule has 2 aromatic carbocycles. The first-order valence-corrected chi connectivity index (χ1v) is 14.1. The maximum absolute atomic E-state index is 13.7. The molecule has 0 aliphatic carbocycles. The maximum Gasteiger partial charge on any atom is 0.244 e. The number of carbonyl (C=O) groups excluding carboxylic acids is 2. The molecule has 0 aliphatic rings. The molecule has 0 saturated heterocycles. The van der Waals surface area contributed by atoms with Crippen molar-refractivity contribution in [2.24, 2.45) is 0 Å². The Morgan fingerprint density at radius 1 is 0.971 bits per heavy atom. The molecule has 2 amide bonds. The maximum atomic E-state index is 13.7. The molecule has 8 heteroatoms. The zero-order valence-electron chi connectivity index (χ0n) is 21.7. The van der Waals surface area contributed by atoms with Gasteiger partial charge in [-0.1, -0.05) is 57.2 Å². The Bertz CT molecular complexity index is 1100. The minimum Gasteiger partial charge on any atom is -0.352 e. The largest absolute Gasteiger partial charge is 0.352 e. The van der Waals surface area contributed by atoms with E-state index >= 15 is 0 Å². The van der Waals surface area contributed by atoms with Crippen LogP contribution in [0.15, 0.2) is 48.5 Å². The molecule has 2 atom stereocenters. The van der Waals surface area contributed by atoms with E-state index in [2.05, 4.69) is 5.32 Å². The summed E-state index contributed by atoms with van der Waals surface area (Å²) < 4.78 is 26.5. The van der Waals surface area contributed by atoms with Gasteiger partial charge in [-0.25, -0.2) is 8.42 Å². The Morgan fingerprint density at radius 2 is 1.60 bits per heavy atom. The van der Waals surface area contributed by atoms with Gasteiger partial charge in [0.25, 0.3) is 0 Å². The third-order valence-electron chi connectivity index (χ3n) is 6.30. The van der Waals surface area contributed by atoms with Crippen LogP contribution in [-0.2, 0) is 32.6 Å². The predicted octanol–water partition coefficient (Wildman–Crippen LogP) is 4.05. The van der Waals surface area contributed by atoms with E-state index in [4.69, 9.17) is 0 Å². The van der Waals surface area contributed by atoms with E-state index in [1.165, 1.54) is 4.90 Å². The molecular weight excluding hydrogens is 462 g/mol. The Hall–Kier alpha value is -2.87. The van der Waals surface area contributed by atoms with Gasteiger partial charge < -0.3 is 10.2 Å². The quantitative estimate of drug-likeness (QED) is 0.475. The second-order valence-electron chi connectivity index (χ2n) is 8.98. The molecule has 192 valence electrons. The molecule has 7 nitrogen and oxygen atoms in total. The number of sulfonamides is 1. The van der Waals surface area contributed by atoms with Crippen LogP contribution >= 0.6 is 0 Å². The highest BCUT2D eigenvalue weighted by molar-refractivity contribution is 7.92. The molecule has 0 aliphatic heterocycles. The molecule has 0 aromatic heterocycles. The fourth-order valence-corrected chi connectivity index (χ4v) is 4.69. The van der Waals surface area contributed by atoms with Gasteiger partial charge in [-0.3, -0.25) is 13.9 Å². The Morgan fingerprint density at radius 3 is 2.11 bits per heavy atom. The zero-order chi connectivity index (χ0) is 26.2. The summed E-state index contributed by atoms with van der Waals surface area (Å²) >= 11 is 0. The molecule has 2 rings (SSSR count). The molecule has 0 radical (unpaired) electrons. The van der Waals surface area contributed by atoms with Crippen molar-refractivity contribution in [2.75, 3.05) is 17.1 Å². The van der Waals surface area contributed by atoms with Gasteiger partial charge in [-0.05, 0) is 61.9 Å². The normalized spacial score (nSPS) is 13.1. The van der Waals surface area contributed by atoms with Crippen molar-refractivity contribution in [3.05, 3.63) is 65.2 Å². The molecule has 0 unspecified atom stereocenters. The van der Waals surface area contributed by atoms with Crippen LogP contribution in [0.4, 0.5) is 5.69 Å². The molecular formula is C27H39N3O4S. The molecule has 0 spiro atoms. The van der Waals surface area contributed by atoms with Gasteiger partial charge in [0.2, 0.25) is 21.8 Å². The van der Waals surface area contributed by atoms with Crippen LogP contribution in [0.1, 0.15) is 57.2 Å². The van der Waals surface area contributed by atoms with Crippen LogP contribution in [0.2, 0.25) is 0 Å². The van der Waals surface area contributed by atoms with E-state index < -0.39 is 22.0 Å². The van der Waals surface area contributed by atoms with E-state index in [0.29, 0.717) is 12.1 Å². The monoisotopic (exact) mass is 501 g/mol. The Kier molecular flexibility index (Phi) is 10.3. The van der Waals surface area contributed by atoms with Crippen LogP contribution in [-0.4, -0.2) is 50.0 Å². The van der Waals surface area contributed by atoms with Crippen molar-refractivity contribution in [3.8, 4) is 0 Å². The van der Waals surface area contributed by atoms with Crippen molar-refractivity contribution >= 4 is 27.5 Å². The number of hydrogen-bond acceptors (Lipinski definition) is 4. The number of aryl methyl sites for hydroxylation is 2. The van der Waals surface area contributed by atoms with E-state index in [9.17, 15) is 18.0 Å². The number of rotatable bonds is 12. The second-order valence-corrected chi connectivity index (χ2v) is 10.9. The van der Waals surface area contributed by atoms with Gasteiger partial charge in [0.05, 0.1) is 11.9 Å². The van der Waals surface area contributed by atoms with Crippen LogP contribution in [0.5, 0.6) is 0 Å². The molecule has 0 heterocycles. The lowest BCUT2D eigenvalue weighted by Crippen LogP contribution is -2.53. The van der Waals surface area contributed by atoms with E-state index in [-0.39, 0.29) is 25.0 Å². The molecule has 2 aromatic rings. The summed E-state index contributed by atoms with van der Waals surface area (Å²) in [7, 11) is -3.74. The van der Waals surface area contributed by atoms with Gasteiger partial charge >= 0.3 is 0 Å². The highest BCUT2D eigenvalue weighted by atomic mass is 32.2. The van der Waals surface area contributed by atoms with E-state index in [1.54, 1.807) is 12.1 Å². The minimum absolute atomic E-state index is 0.0310. The summed E-state index contributed by atoms with van der Waals surface area (Å²) in [4.78, 5) is 28.4. The predicted molar refractivity (Wildman–Crippen MR) is 142 cm³/mol. The summed E-state index contributed by atoms with van der Waals surface area (Å²) in [5, 5.41) is 2.98. The summed E-state index contributed by atoms with van der Waals surface area (Å²) in [5.74, 6) is -0.661. The summed E-state index contributed by atoms with van der Waals surface area (Å²) in [5.41, 5.74) is 3.40. The average Bonchev–Trinajstić information content (AvgIpc) is 2.82. The number of carbonyl (C=O) groups is 2. The molecule has 0 saturated carbocycles. The van der Waals surface area contributed by atoms with Gasteiger partial charge in [0, 0.05) is 12.6 Å². The van der Waals surface area contributed by atoms with Crippen molar-refractivity contribution in [2.45, 2.75) is 72.5 Å². The lowest BCUT2D eigenvalue weighted by atomic mass is 10.1. The first-order valence-electron chi connectivity index (χ1n) is 12.2.